The summed E-state index contributed by atoms with van der Waals surface area (Å²) in [4.78, 5) is 14.9. The van der Waals surface area contributed by atoms with E-state index >= 15 is 0 Å². The van der Waals surface area contributed by atoms with Crippen molar-refractivity contribution in [2.75, 3.05) is 18.1 Å². The lowest BCUT2D eigenvalue weighted by atomic mass is 10.3. The third-order valence-electron chi connectivity index (χ3n) is 1.58. The number of hydrogen-bond donors (Lipinski definition) is 1. The molecule has 6 heteroatoms. The number of thioether (sulfide) groups is 1. The van der Waals surface area contributed by atoms with E-state index in [-0.39, 0.29) is 5.97 Å². The van der Waals surface area contributed by atoms with Gasteiger partial charge in [0.1, 0.15) is 0 Å². The van der Waals surface area contributed by atoms with Crippen LogP contribution in [0.5, 0.6) is 0 Å². The summed E-state index contributed by atoms with van der Waals surface area (Å²) < 4.78 is 5.91. The highest BCUT2D eigenvalue weighted by Gasteiger charge is 2.03. The second kappa shape index (κ2) is 6.68. The second-order valence-corrected chi connectivity index (χ2v) is 5.23. The van der Waals surface area contributed by atoms with Gasteiger partial charge in [-0.15, -0.1) is 11.8 Å². The van der Waals surface area contributed by atoms with E-state index in [4.69, 9.17) is 10.5 Å². The molecule has 2 N–H and O–H groups in total. The number of nitrogens with zero attached hydrogens (tertiary/aromatic N) is 1. The van der Waals surface area contributed by atoms with Crippen molar-refractivity contribution in [1.29, 1.82) is 0 Å². The van der Waals surface area contributed by atoms with E-state index in [9.17, 15) is 4.79 Å². The zero-order valence-corrected chi connectivity index (χ0v) is 10.2. The fourth-order valence-electron chi connectivity index (χ4n) is 0.961. The minimum atomic E-state index is -0.123. The number of carbonyl (C=O) groups is 1. The number of aromatic nitrogens is 1. The van der Waals surface area contributed by atoms with Crippen molar-refractivity contribution in [1.82, 2.24) is 4.98 Å². The first-order valence-electron chi connectivity index (χ1n) is 4.72. The molecule has 0 unspecified atom stereocenters. The van der Waals surface area contributed by atoms with Crippen LogP contribution in [0.1, 0.15) is 19.8 Å². The van der Waals surface area contributed by atoms with Gasteiger partial charge in [0.15, 0.2) is 5.13 Å². The fourth-order valence-corrected chi connectivity index (χ4v) is 2.74. The lowest BCUT2D eigenvalue weighted by molar-refractivity contribution is -0.143. The van der Waals surface area contributed by atoms with Gasteiger partial charge in [0.05, 0.1) is 17.0 Å². The minimum absolute atomic E-state index is 0.123. The quantitative estimate of drug-likeness (QED) is 0.473. The van der Waals surface area contributed by atoms with Crippen molar-refractivity contribution < 1.29 is 9.53 Å². The largest absolute Gasteiger partial charge is 0.466 e. The Morgan fingerprint density at radius 1 is 1.73 bits per heavy atom. The highest BCUT2D eigenvalue weighted by Crippen LogP contribution is 2.26. The Morgan fingerprint density at radius 2 is 2.53 bits per heavy atom. The van der Waals surface area contributed by atoms with Crippen molar-refractivity contribution in [3.05, 3.63) is 6.20 Å². The summed E-state index contributed by atoms with van der Waals surface area (Å²) in [5.41, 5.74) is 5.49. The first kappa shape index (κ1) is 12.3. The monoisotopic (exact) mass is 246 g/mol. The Hall–Kier alpha value is -0.750. The molecule has 0 aliphatic carbocycles. The molecule has 0 saturated carbocycles. The first-order valence-corrected chi connectivity index (χ1v) is 6.52. The predicted molar refractivity (Wildman–Crippen MR) is 63.1 cm³/mol. The van der Waals surface area contributed by atoms with Gasteiger partial charge in [-0.2, -0.15) is 0 Å². The Bertz CT molecular complexity index is 315. The maximum Gasteiger partial charge on any atom is 0.305 e. The Balaban J connectivity index is 2.09. The summed E-state index contributed by atoms with van der Waals surface area (Å²) in [6.45, 7) is 2.27. The lowest BCUT2D eigenvalue weighted by Crippen LogP contribution is -2.03. The topological polar surface area (TPSA) is 65.2 Å². The van der Waals surface area contributed by atoms with Crippen LogP contribution in [0, 0.1) is 0 Å². The molecule has 0 atom stereocenters. The summed E-state index contributed by atoms with van der Waals surface area (Å²) in [5, 5.41) is 0.586. The minimum Gasteiger partial charge on any atom is -0.466 e. The van der Waals surface area contributed by atoms with Crippen molar-refractivity contribution in [3.63, 3.8) is 0 Å². The van der Waals surface area contributed by atoms with Gasteiger partial charge < -0.3 is 10.5 Å². The van der Waals surface area contributed by atoms with Gasteiger partial charge in [0, 0.05) is 6.42 Å². The van der Waals surface area contributed by atoms with Crippen LogP contribution in [0.15, 0.2) is 10.4 Å². The molecule has 0 aromatic carbocycles. The van der Waals surface area contributed by atoms with Crippen molar-refractivity contribution >= 4 is 34.2 Å². The van der Waals surface area contributed by atoms with E-state index in [0.29, 0.717) is 18.2 Å². The maximum atomic E-state index is 11.0. The van der Waals surface area contributed by atoms with Gasteiger partial charge in [0.2, 0.25) is 0 Å². The number of thiazole rings is 1. The number of hydrogen-bond acceptors (Lipinski definition) is 6. The van der Waals surface area contributed by atoms with Gasteiger partial charge in [-0.1, -0.05) is 11.3 Å². The van der Waals surface area contributed by atoms with Gasteiger partial charge >= 0.3 is 5.97 Å². The van der Waals surface area contributed by atoms with Crippen LogP contribution in [0.3, 0.4) is 0 Å². The normalized spacial score (nSPS) is 10.2. The number of ether oxygens (including phenoxy) is 1. The van der Waals surface area contributed by atoms with Gasteiger partial charge in [-0.05, 0) is 19.1 Å². The van der Waals surface area contributed by atoms with Crippen LogP contribution >= 0.6 is 23.1 Å². The van der Waals surface area contributed by atoms with E-state index in [0.717, 1.165) is 16.4 Å². The number of rotatable bonds is 6. The Kier molecular flexibility index (Phi) is 5.49. The molecule has 4 nitrogen and oxygen atoms in total. The maximum absolute atomic E-state index is 11.0. The SMILES string of the molecule is CCOC(=O)CCCSc1cnc(N)s1. The average molecular weight is 246 g/mol. The molecule has 0 radical (unpaired) electrons. The van der Waals surface area contributed by atoms with Gasteiger partial charge in [-0.3, -0.25) is 4.79 Å². The zero-order chi connectivity index (χ0) is 11.1. The smallest absolute Gasteiger partial charge is 0.305 e. The summed E-state index contributed by atoms with van der Waals surface area (Å²) in [6, 6.07) is 0. The molecular weight excluding hydrogens is 232 g/mol. The third kappa shape index (κ3) is 5.03. The number of carbonyl (C=O) groups excluding carboxylic acids is 1. The standard InChI is InChI=1S/C9H14N2O2S2/c1-2-13-7(12)4-3-5-14-8-6-11-9(10)15-8/h6H,2-5H2,1H3,(H2,10,11). The molecule has 0 aliphatic rings. The summed E-state index contributed by atoms with van der Waals surface area (Å²) in [5.74, 6) is 0.766. The van der Waals surface area contributed by atoms with E-state index in [1.165, 1.54) is 11.3 Å². The second-order valence-electron chi connectivity index (χ2n) is 2.77. The van der Waals surface area contributed by atoms with Crippen LogP contribution < -0.4 is 5.73 Å². The summed E-state index contributed by atoms with van der Waals surface area (Å²) >= 11 is 3.14. The predicted octanol–water partition coefficient (Wildman–Crippen LogP) is 2.16. The van der Waals surface area contributed by atoms with E-state index in [1.807, 2.05) is 6.92 Å². The van der Waals surface area contributed by atoms with Gasteiger partial charge in [-0.25, -0.2) is 4.98 Å². The third-order valence-corrected chi connectivity index (χ3v) is 3.68. The molecule has 15 heavy (non-hydrogen) atoms. The van der Waals surface area contributed by atoms with E-state index in [1.54, 1.807) is 18.0 Å². The molecule has 0 fully saturated rings. The number of esters is 1. The molecule has 0 spiro atoms. The average Bonchev–Trinajstić information content (AvgIpc) is 2.60. The van der Waals surface area contributed by atoms with Crippen LogP contribution in [0.25, 0.3) is 0 Å². The van der Waals surface area contributed by atoms with Gasteiger partial charge in [0.25, 0.3) is 0 Å². The molecule has 0 aliphatic heterocycles. The highest BCUT2D eigenvalue weighted by molar-refractivity contribution is 8.01. The highest BCUT2D eigenvalue weighted by atomic mass is 32.2. The number of nitrogen functional groups attached to an aromatic ring is 1. The zero-order valence-electron chi connectivity index (χ0n) is 8.56. The number of anilines is 1. The van der Waals surface area contributed by atoms with Crippen molar-refractivity contribution in [2.45, 2.75) is 24.0 Å². The molecule has 1 rings (SSSR count). The number of nitrogens with two attached hydrogens (primary N) is 1. The molecule has 84 valence electrons. The van der Waals surface area contributed by atoms with E-state index in [2.05, 4.69) is 4.98 Å². The van der Waals surface area contributed by atoms with Crippen LogP contribution in [-0.4, -0.2) is 23.3 Å². The molecule has 0 amide bonds. The summed E-state index contributed by atoms with van der Waals surface area (Å²) in [6.07, 6.45) is 3.06. The fraction of sp³-hybridized carbons (Fsp3) is 0.556. The Labute approximate surface area is 97.2 Å². The molecule has 1 heterocycles. The molecular formula is C9H14N2O2S2. The molecule has 0 saturated heterocycles. The molecule has 0 bridgehead atoms. The summed E-state index contributed by atoms with van der Waals surface area (Å²) in [7, 11) is 0. The van der Waals surface area contributed by atoms with Crippen LogP contribution in [0.2, 0.25) is 0 Å². The molecule has 1 aromatic heterocycles. The van der Waals surface area contributed by atoms with E-state index < -0.39 is 0 Å². The van der Waals surface area contributed by atoms with Crippen LogP contribution in [-0.2, 0) is 9.53 Å². The Morgan fingerprint density at radius 3 is 3.13 bits per heavy atom. The van der Waals surface area contributed by atoms with Crippen molar-refractivity contribution in [3.8, 4) is 0 Å². The van der Waals surface area contributed by atoms with Crippen LogP contribution in [0.4, 0.5) is 5.13 Å². The first-order chi connectivity index (χ1) is 7.22. The van der Waals surface area contributed by atoms with Crippen molar-refractivity contribution in [2.24, 2.45) is 0 Å². The lowest BCUT2D eigenvalue weighted by Gasteiger charge is -2.00. The molecule has 1 aromatic rings.